The Morgan fingerprint density at radius 1 is 1.55 bits per heavy atom. The van der Waals surface area contributed by atoms with E-state index in [9.17, 15) is 14.3 Å². The Balaban J connectivity index is 2.29. The number of hydrogen-bond acceptors (Lipinski definition) is 1. The zero-order chi connectivity index (χ0) is 14.8. The average molecular weight is 299 g/mol. The molecule has 2 unspecified atom stereocenters. The monoisotopic (exact) mass is 298 g/mol. The minimum absolute atomic E-state index is 0.227. The Bertz CT molecular complexity index is 503. The average Bonchev–Trinajstić information content (AvgIpc) is 2.43. The van der Waals surface area contributed by atoms with Gasteiger partial charge in [0, 0.05) is 5.02 Å². The van der Waals surface area contributed by atoms with Crippen molar-refractivity contribution in [2.75, 3.05) is 0 Å². The van der Waals surface area contributed by atoms with E-state index in [4.69, 9.17) is 11.6 Å². The molecule has 0 aromatic heterocycles. The van der Waals surface area contributed by atoms with Gasteiger partial charge in [0.15, 0.2) is 0 Å². The molecular formula is C16H20ClFO2. The predicted octanol–water partition coefficient (Wildman–Crippen LogP) is 4.69. The number of carboxylic acid groups (broad SMARTS) is 1. The number of benzene rings is 1. The molecule has 1 fully saturated rings. The zero-order valence-electron chi connectivity index (χ0n) is 11.7. The SMILES string of the molecule is CCC1CCCC(Cc2cc(Cl)ccc2F)(C(=O)O)C1. The fourth-order valence-corrected chi connectivity index (χ4v) is 3.50. The van der Waals surface area contributed by atoms with Gasteiger partial charge in [0.2, 0.25) is 0 Å². The highest BCUT2D eigenvalue weighted by atomic mass is 35.5. The number of rotatable bonds is 4. The molecular weight excluding hydrogens is 279 g/mol. The Kier molecular flexibility index (Phi) is 4.69. The van der Waals surface area contributed by atoms with Crippen molar-refractivity contribution in [1.82, 2.24) is 0 Å². The summed E-state index contributed by atoms with van der Waals surface area (Å²) in [4.78, 5) is 11.8. The number of aliphatic carboxylic acids is 1. The molecule has 1 N–H and O–H groups in total. The lowest BCUT2D eigenvalue weighted by Crippen LogP contribution is -2.38. The topological polar surface area (TPSA) is 37.3 Å². The molecule has 1 aliphatic rings. The molecule has 2 rings (SSSR count). The maximum atomic E-state index is 13.9. The van der Waals surface area contributed by atoms with Gasteiger partial charge >= 0.3 is 5.97 Å². The summed E-state index contributed by atoms with van der Waals surface area (Å²) in [5.41, 5.74) is -0.429. The lowest BCUT2D eigenvalue weighted by Gasteiger charge is -2.37. The van der Waals surface area contributed by atoms with Gasteiger partial charge < -0.3 is 5.11 Å². The van der Waals surface area contributed by atoms with Gasteiger partial charge in [-0.2, -0.15) is 0 Å². The van der Waals surface area contributed by atoms with Crippen LogP contribution in [0.1, 0.15) is 44.6 Å². The van der Waals surface area contributed by atoms with Crippen LogP contribution in [0, 0.1) is 17.2 Å². The maximum absolute atomic E-state index is 13.9. The Morgan fingerprint density at radius 3 is 2.95 bits per heavy atom. The summed E-state index contributed by atoms with van der Waals surface area (Å²) in [6.45, 7) is 2.09. The molecule has 110 valence electrons. The minimum atomic E-state index is -0.843. The second kappa shape index (κ2) is 6.13. The number of carbonyl (C=O) groups is 1. The van der Waals surface area contributed by atoms with Gasteiger partial charge in [-0.3, -0.25) is 4.79 Å². The first kappa shape index (κ1) is 15.3. The first-order valence-electron chi connectivity index (χ1n) is 7.14. The van der Waals surface area contributed by atoms with Crippen molar-refractivity contribution in [1.29, 1.82) is 0 Å². The van der Waals surface area contributed by atoms with E-state index in [1.165, 1.54) is 12.1 Å². The smallest absolute Gasteiger partial charge is 0.309 e. The van der Waals surface area contributed by atoms with Crippen molar-refractivity contribution in [3.63, 3.8) is 0 Å². The summed E-state index contributed by atoms with van der Waals surface area (Å²) in [6.07, 6.45) is 4.42. The maximum Gasteiger partial charge on any atom is 0.309 e. The van der Waals surface area contributed by atoms with Gasteiger partial charge in [0.1, 0.15) is 5.82 Å². The van der Waals surface area contributed by atoms with Crippen LogP contribution in [0.5, 0.6) is 0 Å². The van der Waals surface area contributed by atoms with Crippen molar-refractivity contribution in [2.45, 2.75) is 45.4 Å². The number of halogens is 2. The molecule has 20 heavy (non-hydrogen) atoms. The summed E-state index contributed by atoms with van der Waals surface area (Å²) in [5.74, 6) is -0.759. The van der Waals surface area contributed by atoms with E-state index in [0.29, 0.717) is 29.3 Å². The minimum Gasteiger partial charge on any atom is -0.481 e. The molecule has 0 aliphatic heterocycles. The van der Waals surface area contributed by atoms with Gasteiger partial charge in [-0.05, 0) is 48.9 Å². The zero-order valence-corrected chi connectivity index (χ0v) is 12.4. The molecule has 0 amide bonds. The summed E-state index contributed by atoms with van der Waals surface area (Å²) in [5, 5.41) is 10.1. The van der Waals surface area contributed by atoms with Crippen LogP contribution in [0.3, 0.4) is 0 Å². The molecule has 0 heterocycles. The Labute approximate surface area is 123 Å². The molecule has 1 saturated carbocycles. The molecule has 2 nitrogen and oxygen atoms in total. The van der Waals surface area contributed by atoms with E-state index in [0.717, 1.165) is 19.3 Å². The van der Waals surface area contributed by atoms with Crippen molar-refractivity contribution < 1.29 is 14.3 Å². The molecule has 0 bridgehead atoms. The van der Waals surface area contributed by atoms with E-state index in [1.807, 2.05) is 0 Å². The van der Waals surface area contributed by atoms with Crippen molar-refractivity contribution in [3.05, 3.63) is 34.6 Å². The molecule has 1 aliphatic carbocycles. The van der Waals surface area contributed by atoms with Gasteiger partial charge in [-0.25, -0.2) is 4.39 Å². The largest absolute Gasteiger partial charge is 0.481 e. The van der Waals surface area contributed by atoms with Crippen LogP contribution in [-0.2, 0) is 11.2 Å². The molecule has 2 atom stereocenters. The van der Waals surface area contributed by atoms with Gasteiger partial charge in [0.25, 0.3) is 0 Å². The highest BCUT2D eigenvalue weighted by Crippen LogP contribution is 2.43. The van der Waals surface area contributed by atoms with Crippen LogP contribution in [0.25, 0.3) is 0 Å². The number of carboxylic acids is 1. The van der Waals surface area contributed by atoms with Crippen molar-refractivity contribution in [3.8, 4) is 0 Å². The van der Waals surface area contributed by atoms with E-state index in [2.05, 4.69) is 6.92 Å². The second-order valence-corrected chi connectivity index (χ2v) is 6.31. The normalized spacial score (nSPS) is 26.4. The molecule has 0 radical (unpaired) electrons. The Morgan fingerprint density at radius 2 is 2.30 bits per heavy atom. The highest BCUT2D eigenvalue weighted by molar-refractivity contribution is 6.30. The first-order chi connectivity index (χ1) is 9.47. The summed E-state index contributed by atoms with van der Waals surface area (Å²) < 4.78 is 13.9. The lowest BCUT2D eigenvalue weighted by molar-refractivity contribution is -0.152. The third-order valence-corrected chi connectivity index (χ3v) is 4.75. The van der Waals surface area contributed by atoms with Crippen LogP contribution in [0.4, 0.5) is 4.39 Å². The van der Waals surface area contributed by atoms with Crippen LogP contribution in [0.2, 0.25) is 5.02 Å². The van der Waals surface area contributed by atoms with Crippen LogP contribution in [-0.4, -0.2) is 11.1 Å². The molecule has 0 spiro atoms. The van der Waals surface area contributed by atoms with E-state index in [-0.39, 0.29) is 12.2 Å². The second-order valence-electron chi connectivity index (χ2n) is 5.87. The quantitative estimate of drug-likeness (QED) is 0.875. The molecule has 1 aromatic carbocycles. The highest BCUT2D eigenvalue weighted by Gasteiger charge is 2.42. The van der Waals surface area contributed by atoms with Crippen LogP contribution >= 0.6 is 11.6 Å². The van der Waals surface area contributed by atoms with Crippen molar-refractivity contribution in [2.24, 2.45) is 11.3 Å². The van der Waals surface area contributed by atoms with Crippen molar-refractivity contribution >= 4 is 17.6 Å². The number of hydrogen-bond donors (Lipinski definition) is 1. The standard InChI is InChI=1S/C16H20ClFO2/c1-2-11-4-3-7-16(9-11,15(19)20)10-12-8-13(17)5-6-14(12)18/h5-6,8,11H,2-4,7,9-10H2,1H3,(H,19,20). The van der Waals surface area contributed by atoms with Gasteiger partial charge in [-0.1, -0.05) is 37.8 Å². The fraction of sp³-hybridized carbons (Fsp3) is 0.562. The first-order valence-corrected chi connectivity index (χ1v) is 7.52. The van der Waals surface area contributed by atoms with E-state index >= 15 is 0 Å². The lowest BCUT2D eigenvalue weighted by atomic mass is 9.66. The van der Waals surface area contributed by atoms with Crippen LogP contribution < -0.4 is 0 Å². The summed E-state index contributed by atoms with van der Waals surface area (Å²) in [7, 11) is 0. The van der Waals surface area contributed by atoms with Gasteiger partial charge in [-0.15, -0.1) is 0 Å². The predicted molar refractivity (Wildman–Crippen MR) is 77.4 cm³/mol. The van der Waals surface area contributed by atoms with Gasteiger partial charge in [0.05, 0.1) is 5.41 Å². The summed E-state index contributed by atoms with van der Waals surface area (Å²) in [6, 6.07) is 4.36. The third kappa shape index (κ3) is 3.14. The third-order valence-electron chi connectivity index (χ3n) is 4.51. The molecule has 4 heteroatoms. The van der Waals surface area contributed by atoms with E-state index in [1.54, 1.807) is 6.07 Å². The fourth-order valence-electron chi connectivity index (χ4n) is 3.31. The Hall–Kier alpha value is -1.09. The molecule has 1 aromatic rings. The summed E-state index contributed by atoms with van der Waals surface area (Å²) >= 11 is 5.90. The van der Waals surface area contributed by atoms with E-state index < -0.39 is 11.4 Å². The van der Waals surface area contributed by atoms with Crippen LogP contribution in [0.15, 0.2) is 18.2 Å². The molecule has 0 saturated heterocycles.